The van der Waals surface area contributed by atoms with E-state index in [-0.39, 0.29) is 37.8 Å². The van der Waals surface area contributed by atoms with Gasteiger partial charge in [0.25, 0.3) is 5.91 Å². The smallest absolute Gasteiger partial charge is 0.251 e. The zero-order valence-corrected chi connectivity index (χ0v) is 15.1. The molecule has 1 aromatic carbocycles. The molecule has 1 unspecified atom stereocenters. The summed E-state index contributed by atoms with van der Waals surface area (Å²) < 4.78 is 23.2. The Balaban J connectivity index is 3.20. The second-order valence-corrected chi connectivity index (χ2v) is 7.78. The summed E-state index contributed by atoms with van der Waals surface area (Å²) in [6.45, 7) is 5.97. The van der Waals surface area contributed by atoms with Gasteiger partial charge in [0.15, 0.2) is 0 Å². The van der Waals surface area contributed by atoms with E-state index in [1.54, 1.807) is 0 Å². The van der Waals surface area contributed by atoms with E-state index in [9.17, 15) is 13.2 Å². The molecule has 21 heavy (non-hydrogen) atoms. The van der Waals surface area contributed by atoms with E-state index in [0.29, 0.717) is 0 Å². The molecule has 0 bridgehead atoms. The largest absolute Gasteiger partial charge is 0.349 e. The number of hydrogen-bond donors (Lipinski definition) is 2. The fourth-order valence-electron chi connectivity index (χ4n) is 1.89. The minimum absolute atomic E-state index is 0.00199. The lowest BCUT2D eigenvalue weighted by atomic mass is 10.0. The fourth-order valence-corrected chi connectivity index (χ4v) is 3.73. The first-order valence-corrected chi connectivity index (χ1v) is 9.12. The van der Waals surface area contributed by atoms with E-state index >= 15 is 0 Å². The molecule has 118 valence electrons. The standard InChI is InChI=1S/C13H18BrClN2O3S/c1-4-10(7(2)3)17-13(18)8-5-9(15)12(14)11(6-8)21(16,19)20/h5-7,10H,4H2,1-3H3,(H,17,18)(H2,16,19,20). The molecule has 1 amide bonds. The Morgan fingerprint density at radius 2 is 2.00 bits per heavy atom. The van der Waals surface area contributed by atoms with Crippen molar-refractivity contribution in [2.75, 3.05) is 0 Å². The number of hydrogen-bond acceptors (Lipinski definition) is 3. The number of carbonyl (C=O) groups excluding carboxylic acids is 1. The van der Waals surface area contributed by atoms with Crippen LogP contribution in [-0.4, -0.2) is 20.4 Å². The lowest BCUT2D eigenvalue weighted by Crippen LogP contribution is -2.38. The van der Waals surface area contributed by atoms with Crippen LogP contribution < -0.4 is 10.5 Å². The summed E-state index contributed by atoms with van der Waals surface area (Å²) in [6, 6.07) is 2.62. The summed E-state index contributed by atoms with van der Waals surface area (Å²) in [5.41, 5.74) is 0.159. The van der Waals surface area contributed by atoms with Crippen LogP contribution in [0.4, 0.5) is 0 Å². The highest BCUT2D eigenvalue weighted by molar-refractivity contribution is 9.10. The van der Waals surface area contributed by atoms with Crippen LogP contribution in [0.1, 0.15) is 37.6 Å². The minimum atomic E-state index is -3.97. The molecule has 1 atom stereocenters. The average Bonchev–Trinajstić information content (AvgIpc) is 2.36. The van der Waals surface area contributed by atoms with E-state index in [1.807, 2.05) is 20.8 Å². The lowest BCUT2D eigenvalue weighted by Gasteiger charge is -2.21. The first kappa shape index (κ1) is 18.4. The van der Waals surface area contributed by atoms with Gasteiger partial charge >= 0.3 is 0 Å². The summed E-state index contributed by atoms with van der Waals surface area (Å²) >= 11 is 9.02. The Labute approximate surface area is 138 Å². The van der Waals surface area contributed by atoms with E-state index in [2.05, 4.69) is 21.2 Å². The molecule has 0 spiro atoms. The maximum Gasteiger partial charge on any atom is 0.251 e. The molecule has 8 heteroatoms. The molecular formula is C13H18BrClN2O3S. The van der Waals surface area contributed by atoms with Crippen LogP contribution in [0.15, 0.2) is 21.5 Å². The van der Waals surface area contributed by atoms with Gasteiger partial charge in [-0.1, -0.05) is 32.4 Å². The SMILES string of the molecule is CCC(NC(=O)c1cc(Cl)c(Br)c(S(N)(=O)=O)c1)C(C)C. The number of halogens is 2. The molecule has 0 aliphatic rings. The van der Waals surface area contributed by atoms with E-state index in [1.165, 1.54) is 12.1 Å². The van der Waals surface area contributed by atoms with Gasteiger partial charge in [0, 0.05) is 11.6 Å². The van der Waals surface area contributed by atoms with Gasteiger partial charge in [-0.3, -0.25) is 4.79 Å². The molecule has 1 rings (SSSR count). The Morgan fingerprint density at radius 1 is 1.43 bits per heavy atom. The van der Waals surface area contributed by atoms with E-state index < -0.39 is 10.0 Å². The molecule has 5 nitrogen and oxygen atoms in total. The van der Waals surface area contributed by atoms with Crippen molar-refractivity contribution in [3.63, 3.8) is 0 Å². The second-order valence-electron chi connectivity index (χ2n) is 5.05. The number of rotatable bonds is 5. The van der Waals surface area contributed by atoms with Crippen LogP contribution in [0.2, 0.25) is 5.02 Å². The zero-order valence-electron chi connectivity index (χ0n) is 12.0. The maximum atomic E-state index is 12.2. The Morgan fingerprint density at radius 3 is 2.43 bits per heavy atom. The molecule has 0 aliphatic heterocycles. The number of carbonyl (C=O) groups is 1. The van der Waals surface area contributed by atoms with Gasteiger partial charge < -0.3 is 5.32 Å². The molecule has 0 aliphatic carbocycles. The summed E-state index contributed by atoms with van der Waals surface area (Å²) in [5, 5.41) is 8.10. The van der Waals surface area contributed by atoms with Gasteiger partial charge in [-0.05, 0) is 40.4 Å². The normalized spacial score (nSPS) is 13.3. The van der Waals surface area contributed by atoms with Gasteiger partial charge in [-0.25, -0.2) is 13.6 Å². The van der Waals surface area contributed by atoms with Gasteiger partial charge in [0.2, 0.25) is 10.0 Å². The Kier molecular flexibility index (Phi) is 6.22. The lowest BCUT2D eigenvalue weighted by molar-refractivity contribution is 0.0924. The maximum absolute atomic E-state index is 12.2. The van der Waals surface area contributed by atoms with Gasteiger partial charge in [0.05, 0.1) is 14.4 Å². The summed E-state index contributed by atoms with van der Waals surface area (Å²) in [4.78, 5) is 12.0. The van der Waals surface area contributed by atoms with Gasteiger partial charge in [-0.2, -0.15) is 0 Å². The fraction of sp³-hybridized carbons (Fsp3) is 0.462. The van der Waals surface area contributed by atoms with Crippen molar-refractivity contribution in [3.8, 4) is 0 Å². The molecular weight excluding hydrogens is 380 g/mol. The van der Waals surface area contributed by atoms with Crippen molar-refractivity contribution in [2.24, 2.45) is 11.1 Å². The summed E-state index contributed by atoms with van der Waals surface area (Å²) in [7, 11) is -3.97. The molecule has 0 radical (unpaired) electrons. The quantitative estimate of drug-likeness (QED) is 0.800. The molecule has 0 heterocycles. The monoisotopic (exact) mass is 396 g/mol. The molecule has 0 fully saturated rings. The number of nitrogens with two attached hydrogens (primary N) is 1. The number of nitrogens with one attached hydrogen (secondary N) is 1. The second kappa shape index (κ2) is 7.09. The predicted molar refractivity (Wildman–Crippen MR) is 86.9 cm³/mol. The minimum Gasteiger partial charge on any atom is -0.349 e. The van der Waals surface area contributed by atoms with E-state index in [0.717, 1.165) is 6.42 Å². The zero-order chi connectivity index (χ0) is 16.4. The summed E-state index contributed by atoms with van der Waals surface area (Å²) in [6.07, 6.45) is 0.774. The Hall–Kier alpha value is -0.630. The highest BCUT2D eigenvalue weighted by Gasteiger charge is 2.21. The highest BCUT2D eigenvalue weighted by Crippen LogP contribution is 2.30. The topological polar surface area (TPSA) is 89.3 Å². The Bertz CT molecular complexity index is 647. The van der Waals surface area contributed by atoms with Crippen molar-refractivity contribution in [1.82, 2.24) is 5.32 Å². The number of benzene rings is 1. The van der Waals surface area contributed by atoms with Crippen molar-refractivity contribution in [3.05, 3.63) is 27.2 Å². The summed E-state index contributed by atoms with van der Waals surface area (Å²) in [5.74, 6) is -0.113. The molecule has 0 saturated heterocycles. The van der Waals surface area contributed by atoms with Crippen molar-refractivity contribution in [1.29, 1.82) is 0 Å². The van der Waals surface area contributed by atoms with Crippen LogP contribution in [0.5, 0.6) is 0 Å². The highest BCUT2D eigenvalue weighted by atomic mass is 79.9. The van der Waals surface area contributed by atoms with Crippen LogP contribution in [0.25, 0.3) is 0 Å². The molecule has 3 N–H and O–H groups in total. The predicted octanol–water partition coefficient (Wildman–Crippen LogP) is 2.91. The van der Waals surface area contributed by atoms with Crippen LogP contribution in [0, 0.1) is 5.92 Å². The van der Waals surface area contributed by atoms with Crippen LogP contribution in [-0.2, 0) is 10.0 Å². The van der Waals surface area contributed by atoms with Gasteiger partial charge in [0.1, 0.15) is 0 Å². The van der Waals surface area contributed by atoms with E-state index in [4.69, 9.17) is 16.7 Å². The average molecular weight is 398 g/mol. The molecule has 0 aromatic heterocycles. The number of primary sulfonamides is 1. The third-order valence-electron chi connectivity index (χ3n) is 3.12. The van der Waals surface area contributed by atoms with Gasteiger partial charge in [-0.15, -0.1) is 0 Å². The van der Waals surface area contributed by atoms with Crippen molar-refractivity contribution < 1.29 is 13.2 Å². The van der Waals surface area contributed by atoms with Crippen LogP contribution >= 0.6 is 27.5 Å². The van der Waals surface area contributed by atoms with Crippen molar-refractivity contribution >= 4 is 43.5 Å². The first-order chi connectivity index (χ1) is 9.57. The van der Waals surface area contributed by atoms with Crippen LogP contribution in [0.3, 0.4) is 0 Å². The van der Waals surface area contributed by atoms with Crippen molar-refractivity contribution in [2.45, 2.75) is 38.1 Å². The third-order valence-corrected chi connectivity index (χ3v) is 5.70. The molecule has 1 aromatic rings. The first-order valence-electron chi connectivity index (χ1n) is 6.40. The molecule has 0 saturated carbocycles. The number of amides is 1. The third kappa shape index (κ3) is 4.67. The number of sulfonamides is 1.